The van der Waals surface area contributed by atoms with Crippen molar-refractivity contribution in [3.05, 3.63) is 60.2 Å². The minimum absolute atomic E-state index is 0.0124. The Kier molecular flexibility index (Phi) is 5.48. The highest BCUT2D eigenvalue weighted by atomic mass is 16.6. The van der Waals surface area contributed by atoms with E-state index in [1.165, 1.54) is 0 Å². The molecule has 0 aromatic heterocycles. The molecule has 134 valence electrons. The first-order chi connectivity index (χ1) is 12.6. The van der Waals surface area contributed by atoms with Crippen LogP contribution in [0.3, 0.4) is 0 Å². The van der Waals surface area contributed by atoms with E-state index in [1.807, 2.05) is 30.3 Å². The predicted molar refractivity (Wildman–Crippen MR) is 90.4 cm³/mol. The van der Waals surface area contributed by atoms with E-state index >= 15 is 0 Å². The van der Waals surface area contributed by atoms with Gasteiger partial charge in [0.1, 0.15) is 24.1 Å². The lowest BCUT2D eigenvalue weighted by atomic mass is 10.1. The van der Waals surface area contributed by atoms with Crippen LogP contribution in [0.1, 0.15) is 18.4 Å². The SMILES string of the molecule is O=C1CC[C@H](NC(=O)OCc2cccc(Oc3ccccc3)c2)C(=O)O1. The van der Waals surface area contributed by atoms with Gasteiger partial charge in [-0.3, -0.25) is 4.79 Å². The Bertz CT molecular complexity index is 805. The van der Waals surface area contributed by atoms with Crippen LogP contribution in [0.2, 0.25) is 0 Å². The third-order valence-electron chi connectivity index (χ3n) is 3.68. The molecule has 0 aliphatic carbocycles. The van der Waals surface area contributed by atoms with Gasteiger partial charge in [0.25, 0.3) is 0 Å². The molecular weight excluding hydrogens is 338 g/mol. The van der Waals surface area contributed by atoms with Crippen LogP contribution in [0, 0.1) is 0 Å². The number of carbonyl (C=O) groups is 3. The van der Waals surface area contributed by atoms with E-state index in [1.54, 1.807) is 24.3 Å². The summed E-state index contributed by atoms with van der Waals surface area (Å²) >= 11 is 0. The van der Waals surface area contributed by atoms with Gasteiger partial charge >= 0.3 is 18.0 Å². The molecule has 7 heteroatoms. The molecule has 2 aromatic carbocycles. The molecule has 0 bridgehead atoms. The van der Waals surface area contributed by atoms with Crippen LogP contribution in [-0.2, 0) is 25.7 Å². The second-order valence-electron chi connectivity index (χ2n) is 5.67. The zero-order chi connectivity index (χ0) is 18.4. The van der Waals surface area contributed by atoms with Crippen LogP contribution in [-0.4, -0.2) is 24.1 Å². The second kappa shape index (κ2) is 8.15. The zero-order valence-electron chi connectivity index (χ0n) is 13.8. The summed E-state index contributed by atoms with van der Waals surface area (Å²) in [4.78, 5) is 34.3. The van der Waals surface area contributed by atoms with Crippen LogP contribution in [0.5, 0.6) is 11.5 Å². The van der Waals surface area contributed by atoms with Crippen molar-refractivity contribution < 1.29 is 28.6 Å². The molecular formula is C19H17NO6. The molecule has 0 unspecified atom stereocenters. The highest BCUT2D eigenvalue weighted by molar-refractivity contribution is 5.92. The molecule has 1 amide bonds. The van der Waals surface area contributed by atoms with Crippen LogP contribution in [0.25, 0.3) is 0 Å². The van der Waals surface area contributed by atoms with Crippen molar-refractivity contribution in [3.8, 4) is 11.5 Å². The maximum absolute atomic E-state index is 11.8. The predicted octanol–water partition coefficient (Wildman–Crippen LogP) is 2.94. The topological polar surface area (TPSA) is 90.9 Å². The maximum atomic E-state index is 11.8. The smallest absolute Gasteiger partial charge is 0.408 e. The number of ether oxygens (including phenoxy) is 3. The van der Waals surface area contributed by atoms with Crippen molar-refractivity contribution in [2.45, 2.75) is 25.5 Å². The summed E-state index contributed by atoms with van der Waals surface area (Å²) in [6.45, 7) is 0.0124. The lowest BCUT2D eigenvalue weighted by Crippen LogP contribution is -2.45. The third-order valence-corrected chi connectivity index (χ3v) is 3.68. The van der Waals surface area contributed by atoms with Crippen molar-refractivity contribution in [2.75, 3.05) is 0 Å². The highest BCUT2D eigenvalue weighted by Gasteiger charge is 2.30. The molecule has 1 N–H and O–H groups in total. The molecule has 7 nitrogen and oxygen atoms in total. The average molecular weight is 355 g/mol. The fourth-order valence-electron chi connectivity index (χ4n) is 2.40. The van der Waals surface area contributed by atoms with Crippen molar-refractivity contribution in [1.82, 2.24) is 5.32 Å². The number of benzene rings is 2. The van der Waals surface area contributed by atoms with E-state index in [0.29, 0.717) is 11.5 Å². The summed E-state index contributed by atoms with van der Waals surface area (Å²) in [5.41, 5.74) is 0.731. The van der Waals surface area contributed by atoms with Gasteiger partial charge in [-0.05, 0) is 36.2 Å². The van der Waals surface area contributed by atoms with E-state index in [9.17, 15) is 14.4 Å². The van der Waals surface area contributed by atoms with Crippen LogP contribution < -0.4 is 10.1 Å². The molecule has 2 aromatic rings. The van der Waals surface area contributed by atoms with Gasteiger partial charge in [0.15, 0.2) is 0 Å². The molecule has 0 spiro atoms. The van der Waals surface area contributed by atoms with E-state index in [2.05, 4.69) is 10.1 Å². The Hall–Kier alpha value is -3.35. The number of para-hydroxylation sites is 1. The molecule has 1 atom stereocenters. The fraction of sp³-hybridized carbons (Fsp3) is 0.211. The van der Waals surface area contributed by atoms with Crippen molar-refractivity contribution in [1.29, 1.82) is 0 Å². The Morgan fingerprint density at radius 3 is 2.62 bits per heavy atom. The van der Waals surface area contributed by atoms with E-state index in [-0.39, 0.29) is 19.4 Å². The fourth-order valence-corrected chi connectivity index (χ4v) is 2.40. The van der Waals surface area contributed by atoms with Gasteiger partial charge < -0.3 is 19.5 Å². The van der Waals surface area contributed by atoms with E-state index in [0.717, 1.165) is 5.56 Å². The van der Waals surface area contributed by atoms with E-state index in [4.69, 9.17) is 9.47 Å². The van der Waals surface area contributed by atoms with Gasteiger partial charge in [-0.2, -0.15) is 0 Å². The summed E-state index contributed by atoms with van der Waals surface area (Å²) in [5, 5.41) is 2.39. The third kappa shape index (κ3) is 4.83. The summed E-state index contributed by atoms with van der Waals surface area (Å²) in [6, 6.07) is 15.6. The monoisotopic (exact) mass is 355 g/mol. The number of rotatable bonds is 5. The molecule has 1 aliphatic heterocycles. The van der Waals surface area contributed by atoms with E-state index < -0.39 is 24.1 Å². The summed E-state index contributed by atoms with van der Waals surface area (Å²) in [6.07, 6.45) is -0.474. The number of carbonyl (C=O) groups excluding carboxylic acids is 3. The molecule has 1 fully saturated rings. The summed E-state index contributed by atoms with van der Waals surface area (Å²) in [7, 11) is 0. The lowest BCUT2D eigenvalue weighted by molar-refractivity contribution is -0.165. The first kappa shape index (κ1) is 17.5. The second-order valence-corrected chi connectivity index (χ2v) is 5.67. The Balaban J connectivity index is 1.51. The number of nitrogens with one attached hydrogen (secondary N) is 1. The maximum Gasteiger partial charge on any atom is 0.408 e. The van der Waals surface area contributed by atoms with Gasteiger partial charge in [0, 0.05) is 6.42 Å². The first-order valence-corrected chi connectivity index (χ1v) is 8.10. The first-order valence-electron chi connectivity index (χ1n) is 8.10. The number of hydrogen-bond donors (Lipinski definition) is 1. The van der Waals surface area contributed by atoms with Gasteiger partial charge in [0.05, 0.1) is 0 Å². The molecule has 1 aliphatic rings. The van der Waals surface area contributed by atoms with Crippen molar-refractivity contribution in [2.24, 2.45) is 0 Å². The normalized spacial score (nSPS) is 16.5. The number of esters is 2. The van der Waals surface area contributed by atoms with Gasteiger partial charge in [0.2, 0.25) is 0 Å². The van der Waals surface area contributed by atoms with Crippen LogP contribution in [0.15, 0.2) is 54.6 Å². The van der Waals surface area contributed by atoms with Gasteiger partial charge in [-0.1, -0.05) is 30.3 Å². The number of amides is 1. The van der Waals surface area contributed by atoms with Crippen molar-refractivity contribution in [3.63, 3.8) is 0 Å². The van der Waals surface area contributed by atoms with Gasteiger partial charge in [-0.15, -0.1) is 0 Å². The van der Waals surface area contributed by atoms with Crippen LogP contribution >= 0.6 is 0 Å². The zero-order valence-corrected chi connectivity index (χ0v) is 13.8. The highest BCUT2D eigenvalue weighted by Crippen LogP contribution is 2.22. The quantitative estimate of drug-likeness (QED) is 0.655. The average Bonchev–Trinajstić information content (AvgIpc) is 2.64. The molecule has 0 radical (unpaired) electrons. The molecule has 3 rings (SSSR count). The Labute approximate surface area is 149 Å². The van der Waals surface area contributed by atoms with Crippen LogP contribution in [0.4, 0.5) is 4.79 Å². The van der Waals surface area contributed by atoms with Crippen molar-refractivity contribution >= 4 is 18.0 Å². The summed E-state index contributed by atoms with van der Waals surface area (Å²) in [5.74, 6) is -0.0335. The molecule has 1 heterocycles. The van der Waals surface area contributed by atoms with Gasteiger partial charge in [-0.25, -0.2) is 9.59 Å². The minimum Gasteiger partial charge on any atom is -0.457 e. The number of hydrogen-bond acceptors (Lipinski definition) is 6. The molecule has 26 heavy (non-hydrogen) atoms. The molecule has 1 saturated heterocycles. The Morgan fingerprint density at radius 1 is 1.08 bits per heavy atom. The standard InChI is InChI=1S/C19H17NO6/c21-17-10-9-16(18(22)26-17)20-19(23)24-12-13-5-4-8-15(11-13)25-14-6-2-1-3-7-14/h1-8,11,16H,9-10,12H2,(H,20,23)/t16-/m0/s1. The summed E-state index contributed by atoms with van der Waals surface area (Å²) < 4.78 is 15.3. The Morgan fingerprint density at radius 2 is 1.85 bits per heavy atom. The lowest BCUT2D eigenvalue weighted by Gasteiger charge is -2.20. The largest absolute Gasteiger partial charge is 0.457 e. The number of cyclic esters (lactones) is 2. The number of alkyl carbamates (subject to hydrolysis) is 1. The minimum atomic E-state index is -0.868. The molecule has 0 saturated carbocycles.